The van der Waals surface area contributed by atoms with E-state index >= 15 is 0 Å². The zero-order valence-corrected chi connectivity index (χ0v) is 18.2. The summed E-state index contributed by atoms with van der Waals surface area (Å²) in [6.45, 7) is 7.86. The van der Waals surface area contributed by atoms with Crippen LogP contribution in [0.15, 0.2) is 10.5 Å². The Balaban J connectivity index is 2.17. The fraction of sp³-hybridized carbons (Fsp3) is 0.400. The van der Waals surface area contributed by atoms with Crippen LogP contribution in [0.5, 0.6) is 0 Å². The predicted octanol–water partition coefficient (Wildman–Crippen LogP) is 3.42. The van der Waals surface area contributed by atoms with E-state index in [1.807, 2.05) is 0 Å². The molecule has 0 aliphatic carbocycles. The number of nitrogens with one attached hydrogen (secondary N) is 1. The van der Waals surface area contributed by atoms with Crippen LogP contribution in [0.3, 0.4) is 0 Å². The molecule has 0 aromatic carbocycles. The lowest BCUT2D eigenvalue weighted by Gasteiger charge is -2.07. The second kappa shape index (κ2) is 10.1. The molecule has 9 nitrogen and oxygen atoms in total. The summed E-state index contributed by atoms with van der Waals surface area (Å²) in [5.41, 5.74) is 0.628. The quantitative estimate of drug-likeness (QED) is 0.493. The van der Waals surface area contributed by atoms with Crippen molar-refractivity contribution in [1.29, 1.82) is 0 Å². The first-order valence-corrected chi connectivity index (χ1v) is 10.0. The van der Waals surface area contributed by atoms with E-state index in [0.29, 0.717) is 17.1 Å². The van der Waals surface area contributed by atoms with Crippen molar-refractivity contribution < 1.29 is 37.8 Å². The predicted molar refractivity (Wildman–Crippen MR) is 108 cm³/mol. The number of carbonyl (C=O) groups is 4. The Bertz CT molecular complexity index is 972. The van der Waals surface area contributed by atoms with E-state index in [0.717, 1.165) is 11.3 Å². The molecule has 162 valence electrons. The smallest absolute Gasteiger partial charge is 0.348 e. The van der Waals surface area contributed by atoms with Gasteiger partial charge in [0.2, 0.25) is 0 Å². The van der Waals surface area contributed by atoms with E-state index in [1.54, 1.807) is 34.6 Å². The van der Waals surface area contributed by atoms with E-state index in [1.165, 1.54) is 6.07 Å². The first kappa shape index (κ1) is 23.1. The average Bonchev–Trinajstić information content (AvgIpc) is 3.18. The summed E-state index contributed by atoms with van der Waals surface area (Å²) < 4.78 is 20.3. The Labute approximate surface area is 177 Å². The second-order valence-electron chi connectivity index (χ2n) is 6.15. The number of amides is 1. The third-order valence-electron chi connectivity index (χ3n) is 3.94. The van der Waals surface area contributed by atoms with Crippen LogP contribution < -0.4 is 5.32 Å². The van der Waals surface area contributed by atoms with Crippen molar-refractivity contribution in [2.75, 3.05) is 25.1 Å². The number of ether oxygens (including phenoxy) is 3. The van der Waals surface area contributed by atoms with Gasteiger partial charge in [0.15, 0.2) is 6.61 Å². The van der Waals surface area contributed by atoms with Crippen LogP contribution in [0.25, 0.3) is 0 Å². The summed E-state index contributed by atoms with van der Waals surface area (Å²) in [6.07, 6.45) is 0. The number of hydrogen-bond acceptors (Lipinski definition) is 9. The molecule has 2 heterocycles. The highest BCUT2D eigenvalue weighted by Crippen LogP contribution is 2.34. The monoisotopic (exact) mass is 437 g/mol. The van der Waals surface area contributed by atoms with Gasteiger partial charge >= 0.3 is 17.9 Å². The molecule has 0 fully saturated rings. The largest absolute Gasteiger partial charge is 0.466 e. The molecule has 30 heavy (non-hydrogen) atoms. The number of esters is 3. The van der Waals surface area contributed by atoms with Gasteiger partial charge in [0.1, 0.15) is 27.0 Å². The topological polar surface area (TPSA) is 121 Å². The second-order valence-corrected chi connectivity index (χ2v) is 7.17. The fourth-order valence-corrected chi connectivity index (χ4v) is 3.75. The van der Waals surface area contributed by atoms with Gasteiger partial charge in [-0.15, -0.1) is 11.3 Å². The SMILES string of the molecule is CCOC(=O)c1sc(NC(=O)COC(=O)c2cc(C)oc2C)c(C(=O)OCC)c1C. The van der Waals surface area contributed by atoms with Gasteiger partial charge < -0.3 is 23.9 Å². The van der Waals surface area contributed by atoms with E-state index in [-0.39, 0.29) is 34.2 Å². The molecule has 0 radical (unpaired) electrons. The number of furan rings is 1. The van der Waals surface area contributed by atoms with Crippen molar-refractivity contribution in [3.05, 3.63) is 39.2 Å². The summed E-state index contributed by atoms with van der Waals surface area (Å²) in [5, 5.41) is 2.62. The zero-order chi connectivity index (χ0) is 22.4. The lowest BCUT2D eigenvalue weighted by atomic mass is 10.1. The van der Waals surface area contributed by atoms with Crippen molar-refractivity contribution in [3.8, 4) is 0 Å². The van der Waals surface area contributed by atoms with Crippen LogP contribution in [-0.4, -0.2) is 43.6 Å². The summed E-state index contributed by atoms with van der Waals surface area (Å²) in [6, 6.07) is 1.52. The Morgan fingerprint density at radius 2 is 1.60 bits per heavy atom. The molecule has 0 bridgehead atoms. The van der Waals surface area contributed by atoms with Crippen LogP contribution in [0, 0.1) is 20.8 Å². The van der Waals surface area contributed by atoms with Crippen molar-refractivity contribution in [1.82, 2.24) is 0 Å². The first-order chi connectivity index (χ1) is 14.2. The summed E-state index contributed by atoms with van der Waals surface area (Å²) in [4.78, 5) is 49.1. The van der Waals surface area contributed by atoms with Gasteiger partial charge in [-0.2, -0.15) is 0 Å². The molecule has 0 aliphatic heterocycles. The lowest BCUT2D eigenvalue weighted by Crippen LogP contribution is -2.22. The van der Waals surface area contributed by atoms with Gasteiger partial charge in [-0.25, -0.2) is 14.4 Å². The molecular weight excluding hydrogens is 414 g/mol. The molecule has 0 saturated heterocycles. The first-order valence-electron chi connectivity index (χ1n) is 9.21. The van der Waals surface area contributed by atoms with Crippen LogP contribution >= 0.6 is 11.3 Å². The van der Waals surface area contributed by atoms with Gasteiger partial charge in [-0.05, 0) is 46.2 Å². The van der Waals surface area contributed by atoms with Crippen molar-refractivity contribution in [3.63, 3.8) is 0 Å². The number of rotatable bonds is 8. The molecule has 2 rings (SSSR count). The number of aryl methyl sites for hydroxylation is 2. The number of hydrogen-bond donors (Lipinski definition) is 1. The number of carbonyl (C=O) groups excluding carboxylic acids is 4. The third-order valence-corrected chi connectivity index (χ3v) is 5.12. The Morgan fingerprint density at radius 1 is 0.967 bits per heavy atom. The maximum Gasteiger partial charge on any atom is 0.348 e. The molecule has 10 heteroatoms. The number of thiophene rings is 1. The molecule has 0 saturated carbocycles. The molecule has 1 N–H and O–H groups in total. The molecule has 2 aromatic heterocycles. The van der Waals surface area contributed by atoms with E-state index < -0.39 is 30.4 Å². The van der Waals surface area contributed by atoms with E-state index in [9.17, 15) is 19.2 Å². The summed E-state index contributed by atoms with van der Waals surface area (Å²) in [5.74, 6) is -1.75. The van der Waals surface area contributed by atoms with Crippen molar-refractivity contribution >= 4 is 40.2 Å². The van der Waals surface area contributed by atoms with E-state index in [2.05, 4.69) is 5.32 Å². The van der Waals surface area contributed by atoms with Crippen molar-refractivity contribution in [2.45, 2.75) is 34.6 Å². The highest BCUT2D eigenvalue weighted by atomic mass is 32.1. The number of anilines is 1. The Kier molecular flexibility index (Phi) is 7.76. The maximum atomic E-state index is 12.3. The fourth-order valence-electron chi connectivity index (χ4n) is 2.65. The van der Waals surface area contributed by atoms with Crippen LogP contribution in [0.2, 0.25) is 0 Å². The standard InChI is InChI=1S/C20H23NO8S/c1-6-26-19(24)15-11(4)16(20(25)27-7-2)30-17(15)21-14(22)9-28-18(23)13-8-10(3)29-12(13)5/h8H,6-7,9H2,1-5H3,(H,21,22). The third kappa shape index (κ3) is 5.26. The molecule has 2 aromatic rings. The maximum absolute atomic E-state index is 12.3. The van der Waals surface area contributed by atoms with Crippen LogP contribution in [-0.2, 0) is 19.0 Å². The zero-order valence-electron chi connectivity index (χ0n) is 17.4. The average molecular weight is 437 g/mol. The molecule has 0 atom stereocenters. The highest BCUT2D eigenvalue weighted by Gasteiger charge is 2.27. The molecular formula is C20H23NO8S. The molecule has 0 aliphatic rings. The minimum absolute atomic E-state index is 0.0610. The lowest BCUT2D eigenvalue weighted by molar-refractivity contribution is -0.119. The Hall–Kier alpha value is -3.14. The van der Waals surface area contributed by atoms with Crippen LogP contribution in [0.4, 0.5) is 5.00 Å². The van der Waals surface area contributed by atoms with Gasteiger partial charge in [0, 0.05) is 0 Å². The summed E-state index contributed by atoms with van der Waals surface area (Å²) >= 11 is 0.890. The van der Waals surface area contributed by atoms with Gasteiger partial charge in [0.25, 0.3) is 5.91 Å². The minimum Gasteiger partial charge on any atom is -0.466 e. The van der Waals surface area contributed by atoms with Gasteiger partial charge in [0.05, 0.1) is 18.8 Å². The van der Waals surface area contributed by atoms with Gasteiger partial charge in [-0.1, -0.05) is 0 Å². The van der Waals surface area contributed by atoms with Gasteiger partial charge in [-0.3, -0.25) is 4.79 Å². The Morgan fingerprint density at radius 3 is 2.17 bits per heavy atom. The summed E-state index contributed by atoms with van der Waals surface area (Å²) in [7, 11) is 0. The minimum atomic E-state index is -0.709. The van der Waals surface area contributed by atoms with Crippen molar-refractivity contribution in [2.24, 2.45) is 0 Å². The molecule has 0 unspecified atom stereocenters. The van der Waals surface area contributed by atoms with Crippen LogP contribution in [0.1, 0.15) is 61.3 Å². The van der Waals surface area contributed by atoms with E-state index in [4.69, 9.17) is 18.6 Å². The normalized spacial score (nSPS) is 10.4. The molecule has 0 spiro atoms. The highest BCUT2D eigenvalue weighted by molar-refractivity contribution is 7.18. The molecule has 1 amide bonds.